The van der Waals surface area contributed by atoms with Gasteiger partial charge in [-0.05, 0) is 51.2 Å². The van der Waals surface area contributed by atoms with E-state index in [-0.39, 0.29) is 24.6 Å². The van der Waals surface area contributed by atoms with Gasteiger partial charge in [0.1, 0.15) is 17.5 Å². The summed E-state index contributed by atoms with van der Waals surface area (Å²) in [5.74, 6) is -0.946. The summed E-state index contributed by atoms with van der Waals surface area (Å²) in [6, 6.07) is 3.56. The smallest absolute Gasteiger partial charge is 0.350 e. The van der Waals surface area contributed by atoms with Gasteiger partial charge < -0.3 is 14.8 Å². The molecule has 0 bridgehead atoms. The number of aromatic nitrogens is 1. The second-order valence-electron chi connectivity index (χ2n) is 5.45. The maximum Gasteiger partial charge on any atom is 0.350 e. The molecule has 0 aromatic carbocycles. The number of nitrogens with zero attached hydrogens (tertiary/aromatic N) is 2. The fourth-order valence-corrected chi connectivity index (χ4v) is 2.59. The van der Waals surface area contributed by atoms with Gasteiger partial charge in [-0.3, -0.25) is 0 Å². The summed E-state index contributed by atoms with van der Waals surface area (Å²) in [5.41, 5.74) is 2.05. The molecule has 1 heterocycles. The van der Waals surface area contributed by atoms with Crippen molar-refractivity contribution in [2.75, 3.05) is 18.5 Å². The zero-order valence-electron chi connectivity index (χ0n) is 14.4. The third kappa shape index (κ3) is 4.57. The van der Waals surface area contributed by atoms with Crippen LogP contribution in [0.4, 0.5) is 5.82 Å². The topological polar surface area (TPSA) is 101 Å². The normalized spacial score (nSPS) is 13.4. The Morgan fingerprint density at radius 2 is 2.00 bits per heavy atom. The molecule has 25 heavy (non-hydrogen) atoms. The molecule has 0 radical (unpaired) electrons. The number of esters is 2. The van der Waals surface area contributed by atoms with Gasteiger partial charge in [0.25, 0.3) is 0 Å². The van der Waals surface area contributed by atoms with Crippen LogP contribution in [0.3, 0.4) is 0 Å². The average Bonchev–Trinajstić information content (AvgIpc) is 2.62. The largest absolute Gasteiger partial charge is 0.462 e. The van der Waals surface area contributed by atoms with E-state index in [9.17, 15) is 9.59 Å². The highest BCUT2D eigenvalue weighted by molar-refractivity contribution is 5.96. The minimum Gasteiger partial charge on any atom is -0.462 e. The quantitative estimate of drug-likeness (QED) is 0.481. The lowest BCUT2D eigenvalue weighted by Crippen LogP contribution is -2.15. The van der Waals surface area contributed by atoms with Crippen LogP contribution < -0.4 is 5.32 Å². The fourth-order valence-electron chi connectivity index (χ4n) is 2.59. The van der Waals surface area contributed by atoms with Gasteiger partial charge >= 0.3 is 11.9 Å². The molecule has 1 aromatic heterocycles. The van der Waals surface area contributed by atoms with Crippen molar-refractivity contribution in [2.45, 2.75) is 39.5 Å². The molecule has 0 amide bonds. The Hall–Kier alpha value is -2.88. The molecule has 0 saturated carbocycles. The number of aryl methyl sites for hydroxylation is 2. The van der Waals surface area contributed by atoms with Crippen molar-refractivity contribution < 1.29 is 19.1 Å². The van der Waals surface area contributed by atoms with E-state index in [2.05, 4.69) is 10.3 Å². The molecule has 7 heteroatoms. The fraction of sp³-hybridized carbons (Fsp3) is 0.444. The van der Waals surface area contributed by atoms with Crippen molar-refractivity contribution in [3.05, 3.63) is 34.7 Å². The van der Waals surface area contributed by atoms with E-state index in [1.807, 2.05) is 0 Å². The third-order valence-corrected chi connectivity index (χ3v) is 3.77. The van der Waals surface area contributed by atoms with Crippen molar-refractivity contribution in [3.63, 3.8) is 0 Å². The van der Waals surface area contributed by atoms with E-state index in [4.69, 9.17) is 14.7 Å². The summed E-state index contributed by atoms with van der Waals surface area (Å²) in [5, 5.41) is 11.9. The van der Waals surface area contributed by atoms with Gasteiger partial charge in [-0.1, -0.05) is 0 Å². The van der Waals surface area contributed by atoms with Gasteiger partial charge in [0.05, 0.1) is 13.2 Å². The first-order valence-corrected chi connectivity index (χ1v) is 8.34. The highest BCUT2D eigenvalue weighted by atomic mass is 16.5. The number of hydrogen-bond acceptors (Lipinski definition) is 7. The molecular weight excluding hydrogens is 322 g/mol. The summed E-state index contributed by atoms with van der Waals surface area (Å²) in [6.45, 7) is 3.80. The predicted molar refractivity (Wildman–Crippen MR) is 90.8 cm³/mol. The molecule has 0 unspecified atom stereocenters. The summed E-state index contributed by atoms with van der Waals surface area (Å²) in [4.78, 5) is 28.4. The van der Waals surface area contributed by atoms with E-state index in [0.717, 1.165) is 36.9 Å². The molecule has 1 aliphatic carbocycles. The van der Waals surface area contributed by atoms with Crippen molar-refractivity contribution >= 4 is 17.8 Å². The zero-order valence-corrected chi connectivity index (χ0v) is 14.4. The number of fused-ring (bicyclic) bond motifs is 1. The number of carbonyl (C=O) groups excluding carboxylic acids is 2. The highest BCUT2D eigenvalue weighted by Gasteiger charge is 2.20. The van der Waals surface area contributed by atoms with Crippen LogP contribution in [0.15, 0.2) is 17.8 Å². The van der Waals surface area contributed by atoms with Crippen LogP contribution in [0, 0.1) is 11.3 Å². The molecule has 2 rings (SSSR count). The van der Waals surface area contributed by atoms with Crippen LogP contribution in [0.2, 0.25) is 0 Å². The minimum absolute atomic E-state index is 0.170. The summed E-state index contributed by atoms with van der Waals surface area (Å²) >= 11 is 0. The number of nitriles is 1. The molecule has 132 valence electrons. The lowest BCUT2D eigenvalue weighted by molar-refractivity contribution is -0.138. The van der Waals surface area contributed by atoms with Crippen LogP contribution in [-0.2, 0) is 27.1 Å². The van der Waals surface area contributed by atoms with Gasteiger partial charge in [0, 0.05) is 11.9 Å². The second kappa shape index (κ2) is 8.83. The average molecular weight is 343 g/mol. The molecule has 1 N–H and O–H groups in total. The monoisotopic (exact) mass is 343 g/mol. The number of rotatable bonds is 6. The Kier molecular flexibility index (Phi) is 6.52. The first-order chi connectivity index (χ1) is 12.1. The first-order valence-electron chi connectivity index (χ1n) is 8.34. The van der Waals surface area contributed by atoms with Gasteiger partial charge in [-0.2, -0.15) is 5.26 Å². The molecule has 7 nitrogen and oxygen atoms in total. The first kappa shape index (κ1) is 18.5. The van der Waals surface area contributed by atoms with E-state index < -0.39 is 11.9 Å². The van der Waals surface area contributed by atoms with E-state index in [0.29, 0.717) is 5.56 Å². The van der Waals surface area contributed by atoms with Crippen molar-refractivity contribution in [2.24, 2.45) is 0 Å². The van der Waals surface area contributed by atoms with Crippen LogP contribution >= 0.6 is 0 Å². The Morgan fingerprint density at radius 3 is 2.68 bits per heavy atom. The van der Waals surface area contributed by atoms with E-state index in [1.54, 1.807) is 26.0 Å². The number of hydrogen-bond donors (Lipinski definition) is 1. The standard InChI is InChI=1S/C18H21N3O4/c1-3-24-17(22)13(10-19)11-20-16-14(18(23)25-4-2)9-12-7-5-6-8-15(12)21-16/h9,11H,3-8H2,1-2H3,(H,20,21). The number of pyridine rings is 1. The minimum atomic E-state index is -0.729. The van der Waals surface area contributed by atoms with Crippen molar-refractivity contribution in [1.82, 2.24) is 4.98 Å². The lowest BCUT2D eigenvalue weighted by Gasteiger charge is -2.18. The number of anilines is 1. The highest BCUT2D eigenvalue weighted by Crippen LogP contribution is 2.25. The molecule has 1 aliphatic rings. The number of carbonyl (C=O) groups is 2. The van der Waals surface area contributed by atoms with Crippen LogP contribution in [-0.4, -0.2) is 30.1 Å². The van der Waals surface area contributed by atoms with E-state index in [1.165, 1.54) is 6.20 Å². The SMILES string of the molecule is CCOC(=O)C(C#N)=CNc1nc2c(cc1C(=O)OCC)CCCC2. The van der Waals surface area contributed by atoms with Crippen LogP contribution in [0.1, 0.15) is 48.3 Å². The summed E-state index contributed by atoms with van der Waals surface area (Å²) in [6.07, 6.45) is 5.01. The Bertz CT molecular complexity index is 735. The van der Waals surface area contributed by atoms with Crippen molar-refractivity contribution in [3.8, 4) is 6.07 Å². The Labute approximate surface area is 146 Å². The summed E-state index contributed by atoms with van der Waals surface area (Å²) in [7, 11) is 0. The number of ether oxygens (including phenoxy) is 2. The van der Waals surface area contributed by atoms with Gasteiger partial charge in [-0.25, -0.2) is 14.6 Å². The zero-order chi connectivity index (χ0) is 18.2. The molecule has 0 spiro atoms. The molecule has 0 saturated heterocycles. The van der Waals surface area contributed by atoms with Gasteiger partial charge in [0.15, 0.2) is 5.57 Å². The third-order valence-electron chi connectivity index (χ3n) is 3.77. The van der Waals surface area contributed by atoms with Crippen molar-refractivity contribution in [1.29, 1.82) is 5.26 Å². The van der Waals surface area contributed by atoms with Gasteiger partial charge in [0.2, 0.25) is 0 Å². The molecular formula is C18H21N3O4. The lowest BCUT2D eigenvalue weighted by atomic mass is 9.94. The molecule has 1 aromatic rings. The van der Waals surface area contributed by atoms with Gasteiger partial charge in [-0.15, -0.1) is 0 Å². The number of nitrogens with one attached hydrogen (secondary N) is 1. The Balaban J connectivity index is 2.36. The summed E-state index contributed by atoms with van der Waals surface area (Å²) < 4.78 is 9.89. The predicted octanol–water partition coefficient (Wildman–Crippen LogP) is 2.52. The van der Waals surface area contributed by atoms with Crippen LogP contribution in [0.25, 0.3) is 0 Å². The Morgan fingerprint density at radius 1 is 1.28 bits per heavy atom. The molecule has 0 fully saturated rings. The van der Waals surface area contributed by atoms with E-state index >= 15 is 0 Å². The maximum absolute atomic E-state index is 12.2. The molecule has 0 atom stereocenters. The van der Waals surface area contributed by atoms with Crippen LogP contribution in [0.5, 0.6) is 0 Å². The maximum atomic E-state index is 12.2. The second-order valence-corrected chi connectivity index (χ2v) is 5.45. The molecule has 0 aliphatic heterocycles.